The van der Waals surface area contributed by atoms with Crippen molar-refractivity contribution in [2.45, 2.75) is 6.54 Å². The Balaban J connectivity index is 2.06. The minimum Gasteiger partial charge on any atom is -0.493 e. The highest BCUT2D eigenvalue weighted by Crippen LogP contribution is 2.40. The molecule has 1 heterocycles. The van der Waals surface area contributed by atoms with Crippen LogP contribution in [0.25, 0.3) is 11.3 Å². The van der Waals surface area contributed by atoms with Crippen molar-refractivity contribution >= 4 is 0 Å². The highest BCUT2D eigenvalue weighted by atomic mass is 19.1. The number of nitrogens with zero attached hydrogens (tertiary/aromatic N) is 2. The van der Waals surface area contributed by atoms with Crippen molar-refractivity contribution in [1.82, 2.24) is 9.78 Å². The summed E-state index contributed by atoms with van der Waals surface area (Å²) in [5.74, 6) is 1.02. The standard InChI is InChI=1S/C20H19FN2O4/c1-25-17-10-14(11-18(26-2)20(17)27-3)16-8-9-19(24)23(22-16)12-13-6-4-5-7-15(13)21/h4-11H,12H2,1-3H3. The Morgan fingerprint density at radius 1 is 0.963 bits per heavy atom. The first-order chi connectivity index (χ1) is 13.1. The molecular formula is C20H19FN2O4. The lowest BCUT2D eigenvalue weighted by Gasteiger charge is -2.14. The van der Waals surface area contributed by atoms with Gasteiger partial charge in [0, 0.05) is 17.2 Å². The quantitative estimate of drug-likeness (QED) is 0.667. The fourth-order valence-corrected chi connectivity index (χ4v) is 2.73. The highest BCUT2D eigenvalue weighted by molar-refractivity contribution is 5.68. The summed E-state index contributed by atoms with van der Waals surface area (Å²) in [6.45, 7) is 0.0315. The second kappa shape index (κ2) is 7.90. The molecule has 3 aromatic rings. The Kier molecular flexibility index (Phi) is 5.40. The minimum absolute atomic E-state index is 0.0315. The third kappa shape index (κ3) is 3.76. The maximum absolute atomic E-state index is 13.9. The highest BCUT2D eigenvalue weighted by Gasteiger charge is 2.15. The molecule has 140 valence electrons. The average molecular weight is 370 g/mol. The van der Waals surface area contributed by atoms with E-state index in [0.717, 1.165) is 0 Å². The molecule has 0 saturated carbocycles. The molecule has 0 atom stereocenters. The molecule has 0 saturated heterocycles. The third-order valence-corrected chi connectivity index (χ3v) is 4.11. The lowest BCUT2D eigenvalue weighted by molar-refractivity contribution is 0.324. The zero-order chi connectivity index (χ0) is 19.4. The molecular weight excluding hydrogens is 351 g/mol. The van der Waals surface area contributed by atoms with E-state index in [0.29, 0.717) is 34.1 Å². The Morgan fingerprint density at radius 2 is 1.63 bits per heavy atom. The van der Waals surface area contributed by atoms with E-state index < -0.39 is 0 Å². The topological polar surface area (TPSA) is 62.6 Å². The zero-order valence-electron chi connectivity index (χ0n) is 15.2. The summed E-state index contributed by atoms with van der Waals surface area (Å²) in [5.41, 5.74) is 1.25. The van der Waals surface area contributed by atoms with Gasteiger partial charge in [-0.2, -0.15) is 5.10 Å². The van der Waals surface area contributed by atoms with Gasteiger partial charge in [-0.05, 0) is 24.3 Å². The van der Waals surface area contributed by atoms with Gasteiger partial charge in [-0.25, -0.2) is 9.07 Å². The van der Waals surface area contributed by atoms with E-state index in [1.165, 1.54) is 38.1 Å². The molecule has 0 aliphatic rings. The van der Waals surface area contributed by atoms with Crippen LogP contribution >= 0.6 is 0 Å². The van der Waals surface area contributed by atoms with E-state index in [2.05, 4.69) is 5.10 Å². The van der Waals surface area contributed by atoms with Crippen LogP contribution in [0.5, 0.6) is 17.2 Å². The van der Waals surface area contributed by atoms with Crippen LogP contribution in [-0.4, -0.2) is 31.1 Å². The van der Waals surface area contributed by atoms with Crippen molar-refractivity contribution in [3.63, 3.8) is 0 Å². The van der Waals surface area contributed by atoms with Crippen LogP contribution in [0.1, 0.15) is 5.56 Å². The smallest absolute Gasteiger partial charge is 0.267 e. The molecule has 0 unspecified atom stereocenters. The molecule has 0 aliphatic heterocycles. The number of ether oxygens (including phenoxy) is 3. The Bertz CT molecular complexity index is 992. The molecule has 0 aliphatic carbocycles. The SMILES string of the molecule is COc1cc(-c2ccc(=O)n(Cc3ccccc3F)n2)cc(OC)c1OC. The lowest BCUT2D eigenvalue weighted by Crippen LogP contribution is -2.23. The molecule has 0 amide bonds. The van der Waals surface area contributed by atoms with Crippen molar-refractivity contribution in [1.29, 1.82) is 0 Å². The average Bonchev–Trinajstić information content (AvgIpc) is 2.70. The van der Waals surface area contributed by atoms with Crippen molar-refractivity contribution in [2.75, 3.05) is 21.3 Å². The molecule has 1 aromatic heterocycles. The van der Waals surface area contributed by atoms with E-state index in [1.54, 1.807) is 36.4 Å². The summed E-state index contributed by atoms with van der Waals surface area (Å²) >= 11 is 0. The summed E-state index contributed by atoms with van der Waals surface area (Å²) < 4.78 is 31.2. The van der Waals surface area contributed by atoms with Gasteiger partial charge in [0.1, 0.15) is 5.82 Å². The van der Waals surface area contributed by atoms with Crippen LogP contribution in [0.3, 0.4) is 0 Å². The Labute approximate surface area is 155 Å². The minimum atomic E-state index is -0.385. The molecule has 0 radical (unpaired) electrons. The summed E-state index contributed by atoms with van der Waals surface area (Å²) in [7, 11) is 4.56. The maximum Gasteiger partial charge on any atom is 0.267 e. The van der Waals surface area contributed by atoms with Gasteiger partial charge in [0.25, 0.3) is 5.56 Å². The number of hydrogen-bond donors (Lipinski definition) is 0. The predicted octanol–water partition coefficient (Wildman–Crippen LogP) is 3.12. The van der Waals surface area contributed by atoms with Crippen molar-refractivity contribution in [3.05, 3.63) is 70.3 Å². The Morgan fingerprint density at radius 3 is 2.22 bits per heavy atom. The fraction of sp³-hybridized carbons (Fsp3) is 0.200. The summed E-state index contributed by atoms with van der Waals surface area (Å²) in [6, 6.07) is 12.8. The van der Waals surface area contributed by atoms with Gasteiger partial charge in [-0.15, -0.1) is 0 Å². The van der Waals surface area contributed by atoms with E-state index in [1.807, 2.05) is 0 Å². The van der Waals surface area contributed by atoms with Gasteiger partial charge in [-0.1, -0.05) is 18.2 Å². The lowest BCUT2D eigenvalue weighted by atomic mass is 10.1. The van der Waals surface area contributed by atoms with Gasteiger partial charge >= 0.3 is 0 Å². The number of aromatic nitrogens is 2. The number of rotatable bonds is 6. The predicted molar refractivity (Wildman–Crippen MR) is 99.1 cm³/mol. The molecule has 27 heavy (non-hydrogen) atoms. The molecule has 0 bridgehead atoms. The van der Waals surface area contributed by atoms with Gasteiger partial charge in [0.15, 0.2) is 11.5 Å². The first-order valence-electron chi connectivity index (χ1n) is 8.19. The molecule has 7 heteroatoms. The summed E-state index contributed by atoms with van der Waals surface area (Å²) in [6.07, 6.45) is 0. The normalized spacial score (nSPS) is 10.5. The number of hydrogen-bond acceptors (Lipinski definition) is 5. The summed E-state index contributed by atoms with van der Waals surface area (Å²) in [5, 5.41) is 4.37. The zero-order valence-corrected chi connectivity index (χ0v) is 15.2. The first-order valence-corrected chi connectivity index (χ1v) is 8.19. The maximum atomic E-state index is 13.9. The number of halogens is 1. The fourth-order valence-electron chi connectivity index (χ4n) is 2.73. The van der Waals surface area contributed by atoms with Crippen LogP contribution in [0.2, 0.25) is 0 Å². The van der Waals surface area contributed by atoms with E-state index in [9.17, 15) is 9.18 Å². The van der Waals surface area contributed by atoms with Crippen molar-refractivity contribution in [2.24, 2.45) is 0 Å². The van der Waals surface area contributed by atoms with E-state index in [-0.39, 0.29) is 17.9 Å². The van der Waals surface area contributed by atoms with E-state index >= 15 is 0 Å². The van der Waals surface area contributed by atoms with Crippen molar-refractivity contribution < 1.29 is 18.6 Å². The van der Waals surface area contributed by atoms with Gasteiger partial charge in [0.2, 0.25) is 5.75 Å². The van der Waals surface area contributed by atoms with Crippen LogP contribution in [-0.2, 0) is 6.54 Å². The van der Waals surface area contributed by atoms with E-state index in [4.69, 9.17) is 14.2 Å². The third-order valence-electron chi connectivity index (χ3n) is 4.11. The molecule has 2 aromatic carbocycles. The van der Waals surface area contributed by atoms with Crippen LogP contribution < -0.4 is 19.8 Å². The molecule has 0 fully saturated rings. The number of methoxy groups -OCH3 is 3. The molecule has 6 nitrogen and oxygen atoms in total. The Hall–Kier alpha value is -3.35. The monoisotopic (exact) mass is 370 g/mol. The summed E-state index contributed by atoms with van der Waals surface area (Å²) in [4.78, 5) is 12.2. The second-order valence-electron chi connectivity index (χ2n) is 5.72. The van der Waals surface area contributed by atoms with Crippen molar-refractivity contribution in [3.8, 4) is 28.5 Å². The molecule has 0 spiro atoms. The second-order valence-corrected chi connectivity index (χ2v) is 5.72. The van der Waals surface area contributed by atoms with Crippen LogP contribution in [0.15, 0.2) is 53.3 Å². The number of benzene rings is 2. The van der Waals surface area contributed by atoms with Crippen LogP contribution in [0.4, 0.5) is 4.39 Å². The van der Waals surface area contributed by atoms with Crippen LogP contribution in [0, 0.1) is 5.82 Å². The molecule has 0 N–H and O–H groups in total. The van der Waals surface area contributed by atoms with Gasteiger partial charge in [0.05, 0.1) is 33.6 Å². The van der Waals surface area contributed by atoms with Gasteiger partial charge in [-0.3, -0.25) is 4.79 Å². The first kappa shape index (κ1) is 18.4. The molecule has 3 rings (SSSR count). The largest absolute Gasteiger partial charge is 0.493 e. The van der Waals surface area contributed by atoms with Gasteiger partial charge < -0.3 is 14.2 Å².